The molecule has 0 N–H and O–H groups in total. The number of nitriles is 1. The molecule has 0 atom stereocenters. The molecule has 5 heteroatoms. The van der Waals surface area contributed by atoms with Crippen LogP contribution in [0.1, 0.15) is 13.3 Å². The second-order valence-electron chi connectivity index (χ2n) is 1.76. The van der Waals surface area contributed by atoms with Gasteiger partial charge >= 0.3 is 0 Å². The topological polar surface area (TPSA) is 27.0 Å². The number of thioether (sulfide) groups is 1. The third-order valence-corrected chi connectivity index (χ3v) is 2.78. The Kier molecular flexibility index (Phi) is 6.73. The lowest BCUT2D eigenvalue weighted by Gasteiger charge is -2.10. The van der Waals surface area contributed by atoms with Gasteiger partial charge in [-0.2, -0.15) is 5.26 Å². The lowest BCUT2D eigenvalue weighted by molar-refractivity contribution is 0.705. The number of alkyl halides is 1. The lowest BCUT2D eigenvalue weighted by atomic mass is 10.6. The Bertz CT molecular complexity index is 166. The Labute approximate surface area is 81.5 Å². The molecule has 0 rings (SSSR count). The normalized spacial score (nSPS) is 8.82. The molecule has 0 heterocycles. The van der Waals surface area contributed by atoms with E-state index in [1.54, 1.807) is 0 Å². The van der Waals surface area contributed by atoms with Crippen LogP contribution in [0.2, 0.25) is 0 Å². The molecular weight excluding hydrogens is 200 g/mol. The lowest BCUT2D eigenvalue weighted by Crippen LogP contribution is -2.19. The fourth-order valence-corrected chi connectivity index (χ4v) is 1.69. The number of hydrogen-bond donors (Lipinski definition) is 0. The van der Waals surface area contributed by atoms with E-state index in [1.165, 1.54) is 16.7 Å². The van der Waals surface area contributed by atoms with Gasteiger partial charge in [0.15, 0.2) is 10.5 Å². The summed E-state index contributed by atoms with van der Waals surface area (Å²) in [6.07, 6.45) is 2.95. The van der Waals surface area contributed by atoms with Crippen LogP contribution in [0.5, 0.6) is 0 Å². The van der Waals surface area contributed by atoms with Crippen LogP contribution in [0, 0.1) is 11.5 Å². The minimum absolute atomic E-state index is 0.145. The van der Waals surface area contributed by atoms with Crippen molar-refractivity contribution in [3.63, 3.8) is 0 Å². The van der Waals surface area contributed by atoms with E-state index >= 15 is 0 Å². The quantitative estimate of drug-likeness (QED) is 0.234. The molecule has 0 saturated heterocycles. The summed E-state index contributed by atoms with van der Waals surface area (Å²) in [6.45, 7) is 2.06. The number of hydrogen-bond acceptors (Lipinski definition) is 3. The third-order valence-electron chi connectivity index (χ3n) is 0.890. The standard InChI is InChI=1S/C6H9ClN2S2/c1-2-3-11-6(10)9(4-7)5-8/h2-4H2,1H3. The molecule has 0 fully saturated rings. The highest BCUT2D eigenvalue weighted by Crippen LogP contribution is 2.10. The van der Waals surface area contributed by atoms with E-state index in [2.05, 4.69) is 6.92 Å². The van der Waals surface area contributed by atoms with Gasteiger partial charge in [-0.1, -0.05) is 30.9 Å². The Morgan fingerprint density at radius 3 is 2.82 bits per heavy atom. The smallest absolute Gasteiger partial charge is 0.186 e. The molecule has 0 aromatic heterocycles. The highest BCUT2D eigenvalue weighted by atomic mass is 35.5. The minimum atomic E-state index is 0.145. The third kappa shape index (κ3) is 4.46. The molecule has 0 spiro atoms. The van der Waals surface area contributed by atoms with Crippen molar-refractivity contribution in [2.75, 3.05) is 11.8 Å². The largest absolute Gasteiger partial charge is 0.249 e. The van der Waals surface area contributed by atoms with Crippen molar-refractivity contribution in [1.29, 1.82) is 5.26 Å². The summed E-state index contributed by atoms with van der Waals surface area (Å²) in [5, 5.41) is 8.49. The molecule has 0 radical (unpaired) electrons. The summed E-state index contributed by atoms with van der Waals surface area (Å²) in [7, 11) is 0. The van der Waals surface area contributed by atoms with Gasteiger partial charge in [0.1, 0.15) is 6.00 Å². The minimum Gasteiger partial charge on any atom is -0.249 e. The first-order valence-electron chi connectivity index (χ1n) is 3.16. The molecule has 0 aliphatic rings. The van der Waals surface area contributed by atoms with Crippen molar-refractivity contribution >= 4 is 39.9 Å². The average molecular weight is 209 g/mol. The predicted molar refractivity (Wildman–Crippen MR) is 53.5 cm³/mol. The van der Waals surface area contributed by atoms with E-state index < -0.39 is 0 Å². The molecule has 0 saturated carbocycles. The average Bonchev–Trinajstić information content (AvgIpc) is 2.03. The van der Waals surface area contributed by atoms with Gasteiger partial charge in [0.2, 0.25) is 0 Å². The van der Waals surface area contributed by atoms with E-state index in [4.69, 9.17) is 29.1 Å². The Balaban J connectivity index is 3.72. The van der Waals surface area contributed by atoms with Crippen LogP contribution < -0.4 is 0 Å². The van der Waals surface area contributed by atoms with Crippen LogP contribution in [0.4, 0.5) is 0 Å². The molecule has 0 amide bonds. The van der Waals surface area contributed by atoms with Gasteiger partial charge in [0.05, 0.1) is 0 Å². The van der Waals surface area contributed by atoms with Gasteiger partial charge in [-0.25, -0.2) is 4.90 Å². The van der Waals surface area contributed by atoms with Crippen LogP contribution in [0.15, 0.2) is 0 Å². The van der Waals surface area contributed by atoms with E-state index in [9.17, 15) is 0 Å². The molecule has 11 heavy (non-hydrogen) atoms. The number of halogens is 1. The first-order valence-corrected chi connectivity index (χ1v) is 5.09. The van der Waals surface area contributed by atoms with Gasteiger partial charge in [-0.3, -0.25) is 0 Å². The first kappa shape index (κ1) is 11.0. The molecule has 0 aromatic carbocycles. The monoisotopic (exact) mass is 208 g/mol. The Morgan fingerprint density at radius 2 is 2.45 bits per heavy atom. The SMILES string of the molecule is CCCSC(=S)N(C#N)CCl. The zero-order valence-corrected chi connectivity index (χ0v) is 8.60. The van der Waals surface area contributed by atoms with E-state index in [1.807, 2.05) is 6.19 Å². The van der Waals surface area contributed by atoms with Crippen molar-refractivity contribution in [1.82, 2.24) is 4.90 Å². The van der Waals surface area contributed by atoms with Crippen LogP contribution in [0.25, 0.3) is 0 Å². The van der Waals surface area contributed by atoms with Gasteiger partial charge < -0.3 is 0 Å². The summed E-state index contributed by atoms with van der Waals surface area (Å²) >= 11 is 11.8. The highest BCUT2D eigenvalue weighted by Gasteiger charge is 2.05. The molecule has 0 bridgehead atoms. The van der Waals surface area contributed by atoms with Crippen LogP contribution >= 0.6 is 35.6 Å². The highest BCUT2D eigenvalue weighted by molar-refractivity contribution is 8.22. The zero-order chi connectivity index (χ0) is 8.69. The number of nitrogens with zero attached hydrogens (tertiary/aromatic N) is 2. The van der Waals surface area contributed by atoms with Crippen LogP contribution in [-0.2, 0) is 0 Å². The van der Waals surface area contributed by atoms with Crippen LogP contribution in [0.3, 0.4) is 0 Å². The van der Waals surface area contributed by atoms with Crippen LogP contribution in [-0.4, -0.2) is 21.0 Å². The summed E-state index contributed by atoms with van der Waals surface area (Å²) in [5.41, 5.74) is 0. The van der Waals surface area contributed by atoms with Gasteiger partial charge in [-0.15, -0.1) is 11.6 Å². The maximum Gasteiger partial charge on any atom is 0.186 e. The molecule has 62 valence electrons. The Hall–Kier alpha value is 0.0200. The fourth-order valence-electron chi connectivity index (χ4n) is 0.384. The van der Waals surface area contributed by atoms with Gasteiger partial charge in [-0.05, 0) is 6.42 Å². The van der Waals surface area contributed by atoms with Crippen molar-refractivity contribution in [3.05, 3.63) is 0 Å². The summed E-state index contributed by atoms with van der Waals surface area (Å²) in [5.74, 6) is 0.938. The summed E-state index contributed by atoms with van der Waals surface area (Å²) < 4.78 is 0.560. The summed E-state index contributed by atoms with van der Waals surface area (Å²) in [6, 6.07) is 0.145. The van der Waals surface area contributed by atoms with E-state index in [-0.39, 0.29) is 6.00 Å². The maximum absolute atomic E-state index is 8.49. The fraction of sp³-hybridized carbons (Fsp3) is 0.667. The zero-order valence-electron chi connectivity index (χ0n) is 6.21. The Morgan fingerprint density at radius 1 is 1.82 bits per heavy atom. The summed E-state index contributed by atoms with van der Waals surface area (Å²) in [4.78, 5) is 1.29. The van der Waals surface area contributed by atoms with Crippen molar-refractivity contribution in [2.45, 2.75) is 13.3 Å². The maximum atomic E-state index is 8.49. The van der Waals surface area contributed by atoms with E-state index in [0.717, 1.165) is 12.2 Å². The van der Waals surface area contributed by atoms with E-state index in [0.29, 0.717) is 4.32 Å². The molecule has 0 aliphatic carbocycles. The molecule has 2 nitrogen and oxygen atoms in total. The van der Waals surface area contributed by atoms with Gasteiger partial charge in [0.25, 0.3) is 0 Å². The molecule has 0 unspecified atom stereocenters. The second kappa shape index (κ2) is 6.71. The molecule has 0 aromatic rings. The molecular formula is C6H9ClN2S2. The first-order chi connectivity index (χ1) is 5.26. The van der Waals surface area contributed by atoms with Crippen molar-refractivity contribution < 1.29 is 0 Å². The predicted octanol–water partition coefficient (Wildman–Crippen LogP) is 2.39. The molecule has 0 aliphatic heterocycles. The van der Waals surface area contributed by atoms with Gasteiger partial charge in [0, 0.05) is 5.75 Å². The number of thiocarbonyl (C=S) groups is 1. The van der Waals surface area contributed by atoms with Crippen molar-refractivity contribution in [3.8, 4) is 6.19 Å². The second-order valence-corrected chi connectivity index (χ2v) is 3.73. The van der Waals surface area contributed by atoms with Crippen molar-refractivity contribution in [2.24, 2.45) is 0 Å². The number of rotatable bonds is 3.